The first-order chi connectivity index (χ1) is 19.7. The van der Waals surface area contributed by atoms with Crippen LogP contribution in [0.1, 0.15) is 67.3 Å². The highest BCUT2D eigenvalue weighted by Gasteiger charge is 2.26. The third-order valence-corrected chi connectivity index (χ3v) is 7.62. The van der Waals surface area contributed by atoms with E-state index in [0.29, 0.717) is 18.6 Å². The molecule has 0 saturated heterocycles. The minimum Gasteiger partial charge on any atom is -0.493 e. The highest BCUT2D eigenvalue weighted by atomic mass is 16.5. The molecule has 0 radical (unpaired) electrons. The van der Waals surface area contributed by atoms with E-state index in [9.17, 15) is 19.5 Å². The van der Waals surface area contributed by atoms with Crippen LogP contribution in [0.25, 0.3) is 11.1 Å². The number of carboxylic acid groups (broad SMARTS) is 1. The molecule has 3 aromatic rings. The fraction of sp³-hybridized carbons (Fsp3) is 0.424. The summed E-state index contributed by atoms with van der Waals surface area (Å²) < 4.78 is 7.75. The van der Waals surface area contributed by atoms with Gasteiger partial charge in [0.1, 0.15) is 11.8 Å². The smallest absolute Gasteiger partial charge is 0.305 e. The van der Waals surface area contributed by atoms with Crippen molar-refractivity contribution in [3.8, 4) is 16.9 Å². The molecule has 8 heteroatoms. The molecule has 0 aliphatic carbocycles. The zero-order chi connectivity index (χ0) is 29.4. The molecule has 1 aliphatic rings. The van der Waals surface area contributed by atoms with Gasteiger partial charge in [0, 0.05) is 24.4 Å². The molecule has 4 rings (SSSR count). The average molecular weight is 560 g/mol. The largest absolute Gasteiger partial charge is 0.493 e. The van der Waals surface area contributed by atoms with Gasteiger partial charge in [-0.1, -0.05) is 55.7 Å². The van der Waals surface area contributed by atoms with Crippen molar-refractivity contribution in [3.63, 3.8) is 0 Å². The highest BCUT2D eigenvalue weighted by Crippen LogP contribution is 2.35. The molecule has 2 heterocycles. The lowest BCUT2D eigenvalue weighted by molar-refractivity contribution is -0.138. The molecule has 218 valence electrons. The van der Waals surface area contributed by atoms with E-state index in [1.165, 1.54) is 10.6 Å². The molecule has 0 unspecified atom stereocenters. The Morgan fingerprint density at radius 3 is 2.61 bits per heavy atom. The molecule has 2 atom stereocenters. The van der Waals surface area contributed by atoms with Gasteiger partial charge in [0.15, 0.2) is 0 Å². The maximum atomic E-state index is 13.9. The first-order valence-electron chi connectivity index (χ1n) is 14.4. The number of rotatable bonds is 6. The number of aromatic nitrogens is 1. The molecule has 41 heavy (non-hydrogen) atoms. The van der Waals surface area contributed by atoms with Crippen LogP contribution in [0.4, 0.5) is 0 Å². The quantitative estimate of drug-likeness (QED) is 0.434. The van der Waals surface area contributed by atoms with E-state index in [4.69, 9.17) is 4.74 Å². The lowest BCUT2D eigenvalue weighted by Crippen LogP contribution is -2.39. The summed E-state index contributed by atoms with van der Waals surface area (Å²) in [6.07, 6.45) is 6.19. The van der Waals surface area contributed by atoms with Crippen molar-refractivity contribution in [2.45, 2.75) is 64.0 Å². The second-order valence-corrected chi connectivity index (χ2v) is 11.1. The Balaban J connectivity index is 1.74. The number of carbonyl (C=O) groups is 2. The molecule has 2 aromatic carbocycles. The Bertz CT molecular complexity index is 1410. The fourth-order valence-corrected chi connectivity index (χ4v) is 5.40. The first-order valence-corrected chi connectivity index (χ1v) is 14.4. The zero-order valence-corrected chi connectivity index (χ0v) is 24.3. The predicted molar refractivity (Wildman–Crippen MR) is 160 cm³/mol. The Hall–Kier alpha value is -3.91. The number of nitrogens with zero attached hydrogens (tertiary/aromatic N) is 2. The van der Waals surface area contributed by atoms with Crippen LogP contribution in [-0.4, -0.2) is 53.7 Å². The van der Waals surface area contributed by atoms with E-state index < -0.39 is 18.1 Å². The maximum absolute atomic E-state index is 13.9. The van der Waals surface area contributed by atoms with Crippen LogP contribution in [0.5, 0.6) is 5.75 Å². The monoisotopic (exact) mass is 559 g/mol. The lowest BCUT2D eigenvalue weighted by Gasteiger charge is -2.25. The summed E-state index contributed by atoms with van der Waals surface area (Å²) >= 11 is 0. The van der Waals surface area contributed by atoms with Crippen molar-refractivity contribution in [2.75, 3.05) is 27.2 Å². The third kappa shape index (κ3) is 8.07. The summed E-state index contributed by atoms with van der Waals surface area (Å²) in [6, 6.07) is 15.4. The van der Waals surface area contributed by atoms with Gasteiger partial charge in [0.25, 0.3) is 5.56 Å². The topological polar surface area (TPSA) is 101 Å². The van der Waals surface area contributed by atoms with Crippen molar-refractivity contribution in [3.05, 3.63) is 87.8 Å². The fourth-order valence-electron chi connectivity index (χ4n) is 5.40. The second-order valence-electron chi connectivity index (χ2n) is 11.1. The molecular weight excluding hydrogens is 518 g/mol. The number of hydrogen-bond donors (Lipinski definition) is 2. The number of likely N-dealkylation sites (N-methyl/N-ethyl adjacent to an activating group) is 1. The normalized spacial score (nSPS) is 18.3. The summed E-state index contributed by atoms with van der Waals surface area (Å²) in [5, 5.41) is 12.8. The van der Waals surface area contributed by atoms with E-state index in [0.717, 1.165) is 66.7 Å². The Morgan fingerprint density at radius 2 is 1.83 bits per heavy atom. The Morgan fingerprint density at radius 1 is 1.05 bits per heavy atom. The standard InChI is InChI=1S/C33H41N3O5/c1-23-10-8-14-29-32(23)26-12-9-11-25(20-26)27(21-31(38)39)34-33(40)28(13-6-4-5-7-19-41-29)36-22-24(15-16-30(36)37)17-18-35(2)3/h8-12,14-16,20,22,27-28H,4-7,13,17-19,21H2,1-3H3,(H,34,40)(H,38,39)/t27-,28-/m0/s1. The SMILES string of the molecule is Cc1cccc2c1-c1cccc(c1)[C@H](CC(=O)O)NC(=O)[C@@H](n1cc(CCN(C)C)ccc1=O)CCCCCCO2. The van der Waals surface area contributed by atoms with E-state index in [1.807, 2.05) is 69.6 Å². The van der Waals surface area contributed by atoms with E-state index in [-0.39, 0.29) is 17.9 Å². The number of carbonyl (C=O) groups excluding carboxylic acids is 1. The molecule has 0 fully saturated rings. The van der Waals surface area contributed by atoms with Crippen LogP contribution in [0.2, 0.25) is 0 Å². The summed E-state index contributed by atoms with van der Waals surface area (Å²) in [5.41, 5.74) is 4.32. The molecule has 2 bridgehead atoms. The number of carboxylic acids is 1. The third-order valence-electron chi connectivity index (χ3n) is 7.62. The van der Waals surface area contributed by atoms with Crippen molar-refractivity contribution < 1.29 is 19.4 Å². The molecule has 2 N–H and O–H groups in total. The maximum Gasteiger partial charge on any atom is 0.305 e. The van der Waals surface area contributed by atoms with Crippen molar-refractivity contribution >= 4 is 11.9 Å². The van der Waals surface area contributed by atoms with Crippen LogP contribution in [-0.2, 0) is 16.0 Å². The van der Waals surface area contributed by atoms with Gasteiger partial charge in [0.05, 0.1) is 19.1 Å². The van der Waals surface area contributed by atoms with Crippen LogP contribution < -0.4 is 15.6 Å². The number of aryl methyl sites for hydroxylation is 1. The van der Waals surface area contributed by atoms with Crippen LogP contribution in [0, 0.1) is 6.92 Å². The van der Waals surface area contributed by atoms with Crippen molar-refractivity contribution in [2.24, 2.45) is 0 Å². The van der Waals surface area contributed by atoms with Gasteiger partial charge in [0.2, 0.25) is 5.91 Å². The number of pyridine rings is 1. The Kier molecular flexibility index (Phi) is 10.4. The minimum absolute atomic E-state index is 0.245. The molecule has 0 saturated carbocycles. The number of aliphatic carboxylic acids is 1. The first kappa shape index (κ1) is 30.1. The number of benzene rings is 2. The van der Waals surface area contributed by atoms with Crippen LogP contribution in [0.15, 0.2) is 65.6 Å². The zero-order valence-electron chi connectivity index (χ0n) is 24.3. The summed E-state index contributed by atoms with van der Waals surface area (Å²) in [6.45, 7) is 3.42. The van der Waals surface area contributed by atoms with Crippen molar-refractivity contribution in [1.82, 2.24) is 14.8 Å². The van der Waals surface area contributed by atoms with Gasteiger partial charge >= 0.3 is 5.97 Å². The summed E-state index contributed by atoms with van der Waals surface area (Å²) in [5.74, 6) is -0.573. The predicted octanol–water partition coefficient (Wildman–Crippen LogP) is 5.14. The Labute approximate surface area is 242 Å². The number of amides is 1. The van der Waals surface area contributed by atoms with E-state index in [2.05, 4.69) is 10.2 Å². The van der Waals surface area contributed by atoms with E-state index in [1.54, 1.807) is 6.20 Å². The highest BCUT2D eigenvalue weighted by molar-refractivity contribution is 5.82. The molecular formula is C33H41N3O5. The number of hydrogen-bond acceptors (Lipinski definition) is 5. The molecule has 8 nitrogen and oxygen atoms in total. The summed E-state index contributed by atoms with van der Waals surface area (Å²) in [7, 11) is 3.99. The van der Waals surface area contributed by atoms with Gasteiger partial charge in [-0.2, -0.15) is 0 Å². The molecule has 0 spiro atoms. The molecule has 1 amide bonds. The van der Waals surface area contributed by atoms with Gasteiger partial charge < -0.3 is 24.6 Å². The van der Waals surface area contributed by atoms with E-state index >= 15 is 0 Å². The van der Waals surface area contributed by atoms with Gasteiger partial charge in [-0.3, -0.25) is 14.4 Å². The second kappa shape index (κ2) is 14.1. The van der Waals surface area contributed by atoms with Gasteiger partial charge in [-0.05, 0) is 74.7 Å². The summed E-state index contributed by atoms with van der Waals surface area (Å²) in [4.78, 5) is 40.9. The number of nitrogens with one attached hydrogen (secondary N) is 1. The van der Waals surface area contributed by atoms with Gasteiger partial charge in [-0.15, -0.1) is 0 Å². The molecule has 1 aliphatic heterocycles. The number of fused-ring (bicyclic) bond motifs is 4. The van der Waals surface area contributed by atoms with Crippen LogP contribution in [0.3, 0.4) is 0 Å². The number of ether oxygens (including phenoxy) is 1. The van der Waals surface area contributed by atoms with Crippen molar-refractivity contribution in [1.29, 1.82) is 0 Å². The van der Waals surface area contributed by atoms with Crippen LogP contribution >= 0.6 is 0 Å². The minimum atomic E-state index is -1.02. The lowest BCUT2D eigenvalue weighted by atomic mass is 9.94. The van der Waals surface area contributed by atoms with Gasteiger partial charge in [-0.25, -0.2) is 0 Å². The average Bonchev–Trinajstić information content (AvgIpc) is 2.93. The molecule has 1 aromatic heterocycles.